The number of carbonyl (C=O) groups excluding carboxylic acids is 2. The van der Waals surface area contributed by atoms with Crippen LogP contribution >= 0.6 is 0 Å². The van der Waals surface area contributed by atoms with Crippen LogP contribution < -0.4 is 0 Å². The number of unbranched alkanes of at least 4 members (excludes halogenated alkanes) is 26. The Hall–Kier alpha value is -1.56. The summed E-state index contributed by atoms with van der Waals surface area (Å²) in [6.45, 7) is 3.40. The van der Waals surface area contributed by atoms with Crippen molar-refractivity contribution in [3.05, 3.63) is 12.2 Å². The highest BCUT2D eigenvalue weighted by Crippen LogP contribution is 2.23. The van der Waals surface area contributed by atoms with Gasteiger partial charge in [-0.25, -0.2) is 0 Å². The van der Waals surface area contributed by atoms with Gasteiger partial charge in [-0.3, -0.25) is 9.59 Å². The van der Waals surface area contributed by atoms with E-state index in [0.717, 1.165) is 64.2 Å². The highest BCUT2D eigenvalue weighted by molar-refractivity contribution is 5.70. The van der Waals surface area contributed by atoms with Gasteiger partial charge in [0.2, 0.25) is 0 Å². The average molecular weight is 799 g/mol. The number of ether oxygens (including phenoxy) is 4. The van der Waals surface area contributed by atoms with Crippen LogP contribution in [0.1, 0.15) is 213 Å². The second-order valence-electron chi connectivity index (χ2n) is 16.2. The van der Waals surface area contributed by atoms with Gasteiger partial charge in [-0.15, -0.1) is 0 Å². The Labute approximate surface area is 341 Å². The molecule has 1 aliphatic rings. The summed E-state index contributed by atoms with van der Waals surface area (Å²) >= 11 is 0. The molecule has 1 rings (SSSR count). The summed E-state index contributed by atoms with van der Waals surface area (Å²) < 4.78 is 22.1. The van der Waals surface area contributed by atoms with Crippen LogP contribution in [-0.4, -0.2) is 89.0 Å². The first-order chi connectivity index (χ1) is 27.3. The number of hydrogen-bond acceptors (Lipinski definition) is 10. The Morgan fingerprint density at radius 3 is 1.45 bits per heavy atom. The Morgan fingerprint density at radius 2 is 0.964 bits per heavy atom. The Balaban J connectivity index is 2.27. The van der Waals surface area contributed by atoms with E-state index in [1.807, 2.05) is 0 Å². The summed E-state index contributed by atoms with van der Waals surface area (Å²) in [5, 5.41) is 40.0. The lowest BCUT2D eigenvalue weighted by molar-refractivity contribution is -0.305. The molecule has 10 heteroatoms. The fraction of sp³-hybridized carbons (Fsp3) is 0.913. The van der Waals surface area contributed by atoms with Gasteiger partial charge in [-0.05, 0) is 32.1 Å². The van der Waals surface area contributed by atoms with E-state index in [1.54, 1.807) is 0 Å². The minimum atomic E-state index is -1.59. The minimum absolute atomic E-state index is 0.217. The van der Waals surface area contributed by atoms with Crippen molar-refractivity contribution < 1.29 is 49.0 Å². The molecule has 0 amide bonds. The molecule has 330 valence electrons. The maximum atomic E-state index is 12.8. The maximum Gasteiger partial charge on any atom is 0.306 e. The Morgan fingerprint density at radius 1 is 0.536 bits per heavy atom. The lowest BCUT2D eigenvalue weighted by Crippen LogP contribution is -2.59. The molecule has 1 saturated heterocycles. The van der Waals surface area contributed by atoms with Crippen LogP contribution in [0, 0.1) is 0 Å². The third-order valence-electron chi connectivity index (χ3n) is 10.9. The zero-order valence-corrected chi connectivity index (χ0v) is 35.9. The summed E-state index contributed by atoms with van der Waals surface area (Å²) in [4.78, 5) is 25.3. The fourth-order valence-electron chi connectivity index (χ4n) is 7.17. The topological polar surface area (TPSA) is 152 Å². The van der Waals surface area contributed by atoms with Crippen LogP contribution in [0.15, 0.2) is 12.2 Å². The third-order valence-corrected chi connectivity index (χ3v) is 10.9. The van der Waals surface area contributed by atoms with E-state index < -0.39 is 49.4 Å². The van der Waals surface area contributed by atoms with Gasteiger partial charge in [0.05, 0.1) is 13.2 Å². The van der Waals surface area contributed by atoms with Crippen molar-refractivity contribution in [2.24, 2.45) is 0 Å². The third kappa shape index (κ3) is 28.8. The molecule has 1 aliphatic heterocycles. The van der Waals surface area contributed by atoms with E-state index in [-0.39, 0.29) is 32.0 Å². The van der Waals surface area contributed by atoms with Crippen LogP contribution in [0.2, 0.25) is 0 Å². The zero-order chi connectivity index (χ0) is 40.9. The van der Waals surface area contributed by atoms with E-state index in [2.05, 4.69) is 26.0 Å². The van der Waals surface area contributed by atoms with Crippen molar-refractivity contribution in [2.45, 2.75) is 250 Å². The summed E-state index contributed by atoms with van der Waals surface area (Å²) in [5.41, 5.74) is 0. The van der Waals surface area contributed by atoms with Crippen LogP contribution in [0.5, 0.6) is 0 Å². The molecule has 0 aromatic heterocycles. The van der Waals surface area contributed by atoms with Gasteiger partial charge in [-0.2, -0.15) is 0 Å². The van der Waals surface area contributed by atoms with Gasteiger partial charge >= 0.3 is 11.9 Å². The normalized spacial score (nSPS) is 20.4. The van der Waals surface area contributed by atoms with Gasteiger partial charge in [0.15, 0.2) is 12.4 Å². The first-order valence-electron chi connectivity index (χ1n) is 23.3. The van der Waals surface area contributed by atoms with E-state index in [4.69, 9.17) is 18.9 Å². The first kappa shape index (κ1) is 52.5. The summed E-state index contributed by atoms with van der Waals surface area (Å²) in [5.74, 6) is -0.808. The summed E-state index contributed by atoms with van der Waals surface area (Å²) in [7, 11) is 0. The van der Waals surface area contributed by atoms with Crippen molar-refractivity contribution >= 4 is 11.9 Å². The lowest BCUT2D eigenvalue weighted by Gasteiger charge is -2.39. The van der Waals surface area contributed by atoms with Gasteiger partial charge < -0.3 is 39.4 Å². The number of hydrogen-bond donors (Lipinski definition) is 4. The molecule has 1 heterocycles. The van der Waals surface area contributed by atoms with Crippen LogP contribution in [0.3, 0.4) is 0 Å². The Kier molecular flexibility index (Phi) is 35.3. The number of esters is 2. The number of aliphatic hydroxyl groups excluding tert-OH is 4. The first-order valence-corrected chi connectivity index (χ1v) is 23.3. The summed E-state index contributed by atoms with van der Waals surface area (Å²) in [6.07, 6.45) is 32.3. The fourth-order valence-corrected chi connectivity index (χ4v) is 7.17. The average Bonchev–Trinajstić information content (AvgIpc) is 3.19. The van der Waals surface area contributed by atoms with Gasteiger partial charge in [0.25, 0.3) is 0 Å². The number of allylic oxidation sites excluding steroid dienone is 2. The lowest BCUT2D eigenvalue weighted by atomic mass is 9.99. The van der Waals surface area contributed by atoms with Crippen molar-refractivity contribution in [3.63, 3.8) is 0 Å². The molecule has 4 N–H and O–H groups in total. The SMILES string of the molecule is CCCC/C=C/CCCCCCCC(=O)OC[C@H](CO[C@@H]1O[C@H](CO)[C@H](O)C(O)C1O)OC(=O)CCCCCCCCCCCCCCCCCCCCCC. The van der Waals surface area contributed by atoms with E-state index >= 15 is 0 Å². The van der Waals surface area contributed by atoms with E-state index in [1.165, 1.54) is 116 Å². The summed E-state index contributed by atoms with van der Waals surface area (Å²) in [6, 6.07) is 0. The van der Waals surface area contributed by atoms with Gasteiger partial charge in [-0.1, -0.05) is 180 Å². The standard InChI is InChI=1S/C46H86O10/c1-3-5-7-9-11-13-15-16-17-18-19-20-21-22-23-25-27-29-31-33-35-42(49)55-39(38-54-46-45(52)44(51)43(50)40(36-47)56-46)37-53-41(48)34-32-30-28-26-24-14-12-10-8-6-4-2/h10,12,39-40,43-47,50-52H,3-9,11,13-38H2,1-2H3/b12-10+/t39-,40-,43+,44?,45?,46-/m1/s1. The molecule has 0 radical (unpaired) electrons. The molecular weight excluding hydrogens is 712 g/mol. The largest absolute Gasteiger partial charge is 0.462 e. The van der Waals surface area contributed by atoms with Crippen molar-refractivity contribution in [3.8, 4) is 0 Å². The van der Waals surface area contributed by atoms with E-state index in [0.29, 0.717) is 6.42 Å². The predicted molar refractivity (Wildman–Crippen MR) is 224 cm³/mol. The van der Waals surface area contributed by atoms with Gasteiger partial charge in [0, 0.05) is 12.8 Å². The van der Waals surface area contributed by atoms with Crippen LogP contribution in [0.4, 0.5) is 0 Å². The van der Waals surface area contributed by atoms with Crippen molar-refractivity contribution in [1.29, 1.82) is 0 Å². The molecule has 56 heavy (non-hydrogen) atoms. The molecule has 2 unspecified atom stereocenters. The van der Waals surface area contributed by atoms with E-state index in [9.17, 15) is 30.0 Å². The smallest absolute Gasteiger partial charge is 0.306 e. The van der Waals surface area contributed by atoms with Gasteiger partial charge in [0.1, 0.15) is 31.0 Å². The van der Waals surface area contributed by atoms with Crippen molar-refractivity contribution in [1.82, 2.24) is 0 Å². The molecule has 0 aromatic carbocycles. The highest BCUT2D eigenvalue weighted by atomic mass is 16.7. The second-order valence-corrected chi connectivity index (χ2v) is 16.2. The quantitative estimate of drug-likeness (QED) is 0.0269. The number of carbonyl (C=O) groups is 2. The molecule has 0 aromatic rings. The predicted octanol–water partition coefficient (Wildman–Crippen LogP) is 9.95. The molecule has 0 bridgehead atoms. The van der Waals surface area contributed by atoms with Crippen LogP contribution in [-0.2, 0) is 28.5 Å². The number of rotatable bonds is 39. The van der Waals surface area contributed by atoms with Crippen molar-refractivity contribution in [2.75, 3.05) is 19.8 Å². The monoisotopic (exact) mass is 799 g/mol. The number of aliphatic hydroxyl groups is 4. The molecule has 0 aliphatic carbocycles. The highest BCUT2D eigenvalue weighted by Gasteiger charge is 2.44. The maximum absolute atomic E-state index is 12.8. The zero-order valence-electron chi connectivity index (χ0n) is 35.9. The molecule has 0 spiro atoms. The molecule has 10 nitrogen and oxygen atoms in total. The second kappa shape index (κ2) is 37.7. The molecule has 0 saturated carbocycles. The molecule has 6 atom stereocenters. The molecule has 1 fully saturated rings. The van der Waals surface area contributed by atoms with Crippen LogP contribution in [0.25, 0.3) is 0 Å². The molecular formula is C46H86O10. The minimum Gasteiger partial charge on any atom is -0.462 e. The Bertz CT molecular complexity index is 928.